The Balaban J connectivity index is 2.07. The molecule has 0 saturated heterocycles. The van der Waals surface area contributed by atoms with E-state index in [1.807, 2.05) is 6.07 Å². The smallest absolute Gasteiger partial charge is 0.219 e. The molecule has 0 bridgehead atoms. The van der Waals surface area contributed by atoms with Crippen LogP contribution in [0, 0.1) is 5.82 Å². The fourth-order valence-corrected chi connectivity index (χ4v) is 2.03. The topological polar surface area (TPSA) is 34.1 Å². The van der Waals surface area contributed by atoms with Crippen LogP contribution in [0.5, 0.6) is 11.6 Å². The van der Waals surface area contributed by atoms with Crippen molar-refractivity contribution in [3.8, 4) is 11.6 Å². The average Bonchev–Trinajstić information content (AvgIpc) is 2.50. The summed E-state index contributed by atoms with van der Waals surface area (Å²) in [7, 11) is 0. The van der Waals surface area contributed by atoms with Gasteiger partial charge in [0, 0.05) is 18.3 Å². The second kappa shape index (κ2) is 7.38. The lowest BCUT2D eigenvalue weighted by atomic mass is 10.1. The van der Waals surface area contributed by atoms with Gasteiger partial charge in [0.25, 0.3) is 0 Å². The van der Waals surface area contributed by atoms with Gasteiger partial charge in [0.05, 0.1) is 5.02 Å². The van der Waals surface area contributed by atoms with Crippen LogP contribution in [0.25, 0.3) is 0 Å². The first-order valence-electron chi connectivity index (χ1n) is 6.93. The molecule has 2 aromatic rings. The van der Waals surface area contributed by atoms with Crippen molar-refractivity contribution in [1.29, 1.82) is 0 Å². The van der Waals surface area contributed by atoms with Crippen LogP contribution in [0.15, 0.2) is 36.5 Å². The largest absolute Gasteiger partial charge is 0.436 e. The summed E-state index contributed by atoms with van der Waals surface area (Å²) >= 11 is 5.71. The highest BCUT2D eigenvalue weighted by Gasteiger charge is 2.10. The minimum atomic E-state index is -0.581. The second-order valence-electron chi connectivity index (χ2n) is 4.76. The summed E-state index contributed by atoms with van der Waals surface area (Å²) in [5.74, 6) is -0.175. The lowest BCUT2D eigenvalue weighted by Crippen LogP contribution is -2.19. The summed E-state index contributed by atoms with van der Waals surface area (Å²) in [6.45, 7) is 5.14. The predicted molar refractivity (Wildman–Crippen MR) is 82.4 cm³/mol. The van der Waals surface area contributed by atoms with Gasteiger partial charge in [-0.05, 0) is 37.6 Å². The van der Waals surface area contributed by atoms with Crippen LogP contribution in [-0.4, -0.2) is 11.5 Å². The SMILES string of the molecule is CCCNC(C)c1ccc(Oc2cccc(Cl)c2F)nc1. The molecule has 1 atom stereocenters. The number of hydrogen-bond acceptors (Lipinski definition) is 3. The Hall–Kier alpha value is -1.65. The molecule has 0 saturated carbocycles. The van der Waals surface area contributed by atoms with Crippen molar-refractivity contribution in [3.63, 3.8) is 0 Å². The molecule has 0 spiro atoms. The van der Waals surface area contributed by atoms with Crippen molar-refractivity contribution in [2.75, 3.05) is 6.54 Å². The van der Waals surface area contributed by atoms with Crippen molar-refractivity contribution in [2.45, 2.75) is 26.3 Å². The molecule has 0 radical (unpaired) electrons. The minimum absolute atomic E-state index is 0.0292. The van der Waals surface area contributed by atoms with Gasteiger partial charge >= 0.3 is 0 Å². The van der Waals surface area contributed by atoms with E-state index in [2.05, 4.69) is 24.1 Å². The summed E-state index contributed by atoms with van der Waals surface area (Å²) < 4.78 is 19.2. The molecule has 3 nitrogen and oxygen atoms in total. The predicted octanol–water partition coefficient (Wildman–Crippen LogP) is 4.73. The summed E-state index contributed by atoms with van der Waals surface area (Å²) in [6, 6.07) is 8.47. The fourth-order valence-electron chi connectivity index (χ4n) is 1.86. The van der Waals surface area contributed by atoms with Gasteiger partial charge in [0.1, 0.15) is 0 Å². The third-order valence-electron chi connectivity index (χ3n) is 3.09. The van der Waals surface area contributed by atoms with Gasteiger partial charge in [0.2, 0.25) is 5.88 Å². The van der Waals surface area contributed by atoms with E-state index < -0.39 is 5.82 Å². The first-order chi connectivity index (χ1) is 10.1. The molecule has 1 unspecified atom stereocenters. The number of ether oxygens (including phenoxy) is 1. The van der Waals surface area contributed by atoms with Gasteiger partial charge in [-0.15, -0.1) is 0 Å². The van der Waals surface area contributed by atoms with Gasteiger partial charge < -0.3 is 10.1 Å². The molecule has 21 heavy (non-hydrogen) atoms. The summed E-state index contributed by atoms with van der Waals surface area (Å²) in [6.07, 6.45) is 2.80. The molecule has 0 aliphatic heterocycles. The number of halogens is 2. The van der Waals surface area contributed by atoms with Gasteiger partial charge in [-0.25, -0.2) is 9.37 Å². The first-order valence-corrected chi connectivity index (χ1v) is 7.30. The molecule has 1 N–H and O–H groups in total. The van der Waals surface area contributed by atoms with Crippen molar-refractivity contribution >= 4 is 11.6 Å². The zero-order valence-corrected chi connectivity index (χ0v) is 12.8. The maximum Gasteiger partial charge on any atom is 0.219 e. The van der Waals surface area contributed by atoms with Crippen molar-refractivity contribution < 1.29 is 9.13 Å². The zero-order chi connectivity index (χ0) is 15.2. The van der Waals surface area contributed by atoms with Crippen LogP contribution < -0.4 is 10.1 Å². The molecule has 0 aliphatic carbocycles. The van der Waals surface area contributed by atoms with Gasteiger partial charge in [-0.2, -0.15) is 0 Å². The summed E-state index contributed by atoms with van der Waals surface area (Å²) in [5.41, 5.74) is 1.06. The first kappa shape index (κ1) is 15.7. The molecule has 0 aliphatic rings. The van der Waals surface area contributed by atoms with Gasteiger partial charge in [-0.3, -0.25) is 0 Å². The number of pyridine rings is 1. The van der Waals surface area contributed by atoms with E-state index in [0.717, 1.165) is 18.5 Å². The lowest BCUT2D eigenvalue weighted by Gasteiger charge is -2.13. The standard InChI is InChI=1S/C16H18ClFN2O/c1-3-9-19-11(2)12-7-8-15(20-10-12)21-14-6-4-5-13(17)16(14)18/h4-8,10-11,19H,3,9H2,1-2H3. The van der Waals surface area contributed by atoms with E-state index in [9.17, 15) is 4.39 Å². The second-order valence-corrected chi connectivity index (χ2v) is 5.17. The highest BCUT2D eigenvalue weighted by molar-refractivity contribution is 6.30. The third-order valence-corrected chi connectivity index (χ3v) is 3.38. The monoisotopic (exact) mass is 308 g/mol. The van der Waals surface area contributed by atoms with E-state index in [-0.39, 0.29) is 16.8 Å². The van der Waals surface area contributed by atoms with E-state index in [1.165, 1.54) is 12.1 Å². The molecular weight excluding hydrogens is 291 g/mol. The molecule has 2 rings (SSSR count). The maximum absolute atomic E-state index is 13.7. The Labute approximate surface area is 129 Å². The third kappa shape index (κ3) is 4.16. The number of hydrogen-bond donors (Lipinski definition) is 1. The molecule has 1 heterocycles. The number of nitrogens with one attached hydrogen (secondary N) is 1. The lowest BCUT2D eigenvalue weighted by molar-refractivity contribution is 0.427. The fraction of sp³-hybridized carbons (Fsp3) is 0.312. The highest BCUT2D eigenvalue weighted by atomic mass is 35.5. The van der Waals surface area contributed by atoms with Crippen molar-refractivity contribution in [3.05, 3.63) is 52.9 Å². The summed E-state index contributed by atoms with van der Waals surface area (Å²) in [4.78, 5) is 4.20. The number of aromatic nitrogens is 1. The zero-order valence-electron chi connectivity index (χ0n) is 12.1. The van der Waals surface area contributed by atoms with Gasteiger partial charge in [-0.1, -0.05) is 30.7 Å². The molecule has 1 aromatic heterocycles. The molecule has 5 heteroatoms. The number of benzene rings is 1. The number of nitrogens with zero attached hydrogens (tertiary/aromatic N) is 1. The van der Waals surface area contributed by atoms with E-state index in [0.29, 0.717) is 5.88 Å². The maximum atomic E-state index is 13.7. The van der Waals surface area contributed by atoms with Gasteiger partial charge in [0.15, 0.2) is 11.6 Å². The van der Waals surface area contributed by atoms with Crippen molar-refractivity contribution in [1.82, 2.24) is 10.3 Å². The minimum Gasteiger partial charge on any atom is -0.436 e. The molecular formula is C16H18ClFN2O. The van der Waals surface area contributed by atoms with Crippen LogP contribution in [0.1, 0.15) is 31.9 Å². The molecule has 0 amide bonds. The Morgan fingerprint density at radius 3 is 2.81 bits per heavy atom. The molecule has 1 aromatic carbocycles. The van der Waals surface area contributed by atoms with Crippen LogP contribution in [0.3, 0.4) is 0 Å². The van der Waals surface area contributed by atoms with E-state index >= 15 is 0 Å². The van der Waals surface area contributed by atoms with Crippen LogP contribution >= 0.6 is 11.6 Å². The van der Waals surface area contributed by atoms with Crippen LogP contribution in [0.2, 0.25) is 5.02 Å². The normalized spacial score (nSPS) is 12.2. The van der Waals surface area contributed by atoms with Crippen LogP contribution in [0.4, 0.5) is 4.39 Å². The number of rotatable bonds is 6. The Morgan fingerprint density at radius 1 is 1.33 bits per heavy atom. The Morgan fingerprint density at radius 2 is 2.14 bits per heavy atom. The van der Waals surface area contributed by atoms with E-state index in [4.69, 9.17) is 16.3 Å². The summed E-state index contributed by atoms with van der Waals surface area (Å²) in [5, 5.41) is 3.41. The van der Waals surface area contributed by atoms with Crippen molar-refractivity contribution in [2.24, 2.45) is 0 Å². The van der Waals surface area contributed by atoms with E-state index in [1.54, 1.807) is 18.3 Å². The van der Waals surface area contributed by atoms with Crippen LogP contribution in [-0.2, 0) is 0 Å². The molecule has 112 valence electrons. The quantitative estimate of drug-likeness (QED) is 0.838. The Kier molecular flexibility index (Phi) is 5.53. The molecule has 0 fully saturated rings. The highest BCUT2D eigenvalue weighted by Crippen LogP contribution is 2.28. The Bertz CT molecular complexity index is 589. The average molecular weight is 309 g/mol.